The molecule has 0 fully saturated rings. The van der Waals surface area contributed by atoms with Crippen molar-refractivity contribution < 1.29 is 9.13 Å². The lowest BCUT2D eigenvalue weighted by molar-refractivity contribution is -0.596. The van der Waals surface area contributed by atoms with E-state index in [-0.39, 0.29) is 10.8 Å². The van der Waals surface area contributed by atoms with E-state index in [1.807, 2.05) is 0 Å². The van der Waals surface area contributed by atoms with Crippen molar-refractivity contribution in [3.8, 4) is 22.5 Å². The van der Waals surface area contributed by atoms with Crippen LogP contribution < -0.4 is 9.13 Å². The predicted octanol–water partition coefficient (Wildman–Crippen LogP) is 6.50. The van der Waals surface area contributed by atoms with Crippen molar-refractivity contribution in [1.82, 2.24) is 0 Å². The molecule has 2 heteroatoms. The molecule has 0 saturated carbocycles. The van der Waals surface area contributed by atoms with Gasteiger partial charge in [0.1, 0.15) is 0 Å². The molecule has 4 aromatic rings. The zero-order valence-corrected chi connectivity index (χ0v) is 20.1. The average molecular weight is 423 g/mol. The second-order valence-corrected chi connectivity index (χ2v) is 10.6. The van der Waals surface area contributed by atoms with Crippen LogP contribution in [0.25, 0.3) is 22.5 Å². The number of nitrogens with zero attached hydrogens (tertiary/aromatic N) is 2. The molecule has 0 radical (unpaired) electrons. The largest absolute Gasteiger partial charge is 0.210 e. The van der Waals surface area contributed by atoms with E-state index in [0.717, 1.165) is 0 Å². The van der Waals surface area contributed by atoms with E-state index in [2.05, 4.69) is 148 Å². The van der Waals surface area contributed by atoms with E-state index in [9.17, 15) is 0 Å². The first-order chi connectivity index (χ1) is 15.1. The lowest BCUT2D eigenvalue weighted by Gasteiger charge is -2.18. The number of aromatic nitrogens is 2. The van der Waals surface area contributed by atoms with Crippen LogP contribution in [-0.2, 0) is 10.8 Å². The van der Waals surface area contributed by atoms with Crippen LogP contribution in [0.15, 0.2) is 97.6 Å². The maximum Gasteiger partial charge on any atom is 0.210 e. The van der Waals surface area contributed by atoms with E-state index >= 15 is 0 Å². The summed E-state index contributed by atoms with van der Waals surface area (Å²) in [5, 5.41) is 0. The summed E-state index contributed by atoms with van der Waals surface area (Å²) in [5.41, 5.74) is 7.82. The first-order valence-corrected chi connectivity index (χ1v) is 11.4. The molecule has 162 valence electrons. The molecule has 0 aliphatic carbocycles. The van der Waals surface area contributed by atoms with Gasteiger partial charge in [0.2, 0.25) is 11.4 Å². The Kier molecular flexibility index (Phi) is 5.73. The minimum atomic E-state index is 0.172. The lowest BCUT2D eigenvalue weighted by Crippen LogP contribution is -2.30. The van der Waals surface area contributed by atoms with Crippen LogP contribution in [-0.4, -0.2) is 0 Å². The second-order valence-electron chi connectivity index (χ2n) is 10.6. The van der Waals surface area contributed by atoms with Crippen LogP contribution in [0.1, 0.15) is 52.7 Å². The van der Waals surface area contributed by atoms with Crippen LogP contribution in [0, 0.1) is 0 Å². The summed E-state index contributed by atoms with van der Waals surface area (Å²) < 4.78 is 4.33. The maximum absolute atomic E-state index is 2.24. The van der Waals surface area contributed by atoms with Crippen molar-refractivity contribution in [1.29, 1.82) is 0 Å². The van der Waals surface area contributed by atoms with Crippen molar-refractivity contribution in [2.45, 2.75) is 52.4 Å². The summed E-state index contributed by atoms with van der Waals surface area (Å²) in [6, 6.07) is 26.4. The molecule has 2 heterocycles. The van der Waals surface area contributed by atoms with Crippen molar-refractivity contribution in [3.05, 3.63) is 109 Å². The predicted molar refractivity (Wildman–Crippen MR) is 132 cm³/mol. The molecule has 0 aliphatic heterocycles. The first kappa shape index (κ1) is 22.0. The van der Waals surface area contributed by atoms with E-state index in [0.29, 0.717) is 0 Å². The topological polar surface area (TPSA) is 7.76 Å². The molecular weight excluding hydrogens is 388 g/mol. The highest BCUT2D eigenvalue weighted by molar-refractivity contribution is 5.61. The zero-order valence-electron chi connectivity index (χ0n) is 20.1. The highest BCUT2D eigenvalue weighted by atomic mass is 14.9. The van der Waals surface area contributed by atoms with E-state index < -0.39 is 0 Å². The van der Waals surface area contributed by atoms with Gasteiger partial charge in [-0.05, 0) is 33.1 Å². The smallest absolute Gasteiger partial charge is 0.167 e. The van der Waals surface area contributed by atoms with Gasteiger partial charge in [-0.15, -0.1) is 0 Å². The number of pyridine rings is 2. The van der Waals surface area contributed by atoms with Gasteiger partial charge in [0.15, 0.2) is 24.8 Å². The summed E-state index contributed by atoms with van der Waals surface area (Å²) in [6.45, 7) is 13.5. The Bertz CT molecular complexity index is 1070. The average Bonchev–Trinajstić information content (AvgIpc) is 2.78. The minimum Gasteiger partial charge on any atom is -0.167 e. The highest BCUT2D eigenvalue weighted by Gasteiger charge is 2.16. The number of benzene rings is 2. The molecule has 0 aliphatic rings. The minimum absolute atomic E-state index is 0.172. The van der Waals surface area contributed by atoms with Gasteiger partial charge in [0.25, 0.3) is 0 Å². The lowest BCUT2D eigenvalue weighted by atomic mass is 9.87. The third kappa shape index (κ3) is 4.80. The monoisotopic (exact) mass is 422 g/mol. The van der Waals surface area contributed by atoms with Crippen LogP contribution in [0.4, 0.5) is 0 Å². The Balaban J connectivity index is 1.51. The molecule has 0 atom stereocenters. The number of rotatable bonds is 3. The summed E-state index contributed by atoms with van der Waals surface area (Å²) in [5.74, 6) is 0. The van der Waals surface area contributed by atoms with E-state index in [1.54, 1.807) is 0 Å². The Hall–Kier alpha value is -3.26. The van der Waals surface area contributed by atoms with E-state index in [4.69, 9.17) is 0 Å². The van der Waals surface area contributed by atoms with Gasteiger partial charge >= 0.3 is 0 Å². The van der Waals surface area contributed by atoms with Crippen molar-refractivity contribution >= 4 is 0 Å². The van der Waals surface area contributed by atoms with Crippen LogP contribution in [0.3, 0.4) is 0 Å². The molecule has 2 aromatic heterocycles. The molecule has 2 aromatic carbocycles. The summed E-state index contributed by atoms with van der Waals surface area (Å²) in [6.07, 6.45) is 8.53. The molecule has 4 rings (SSSR count). The summed E-state index contributed by atoms with van der Waals surface area (Å²) in [7, 11) is 0. The van der Waals surface area contributed by atoms with Crippen LogP contribution in [0.5, 0.6) is 0 Å². The Morgan fingerprint density at radius 3 is 0.938 bits per heavy atom. The number of hydrogen-bond acceptors (Lipinski definition) is 0. The highest BCUT2D eigenvalue weighted by Crippen LogP contribution is 2.23. The quantitative estimate of drug-likeness (QED) is 0.333. The molecule has 2 nitrogen and oxygen atoms in total. The molecule has 0 N–H and O–H groups in total. The second kappa shape index (κ2) is 8.35. The molecule has 0 spiro atoms. The molecule has 32 heavy (non-hydrogen) atoms. The SMILES string of the molecule is CC(C)(C)c1ccc(-[n+]2ccc(-c3cc[n+](-c4ccc(C(C)(C)C)cc4)cc3)cc2)cc1. The Morgan fingerprint density at radius 1 is 0.406 bits per heavy atom. The van der Waals surface area contributed by atoms with Gasteiger partial charge in [-0.1, -0.05) is 65.8 Å². The van der Waals surface area contributed by atoms with Crippen LogP contribution >= 0.6 is 0 Å². The van der Waals surface area contributed by atoms with Gasteiger partial charge in [0.05, 0.1) is 0 Å². The van der Waals surface area contributed by atoms with Gasteiger partial charge in [-0.2, -0.15) is 9.13 Å². The zero-order chi connectivity index (χ0) is 22.9. The fraction of sp³-hybridized carbons (Fsp3) is 0.267. The third-order valence-electron chi connectivity index (χ3n) is 6.06. The summed E-state index contributed by atoms with van der Waals surface area (Å²) >= 11 is 0. The van der Waals surface area contributed by atoms with Crippen LogP contribution in [0.2, 0.25) is 0 Å². The molecule has 0 amide bonds. The molecule has 0 unspecified atom stereocenters. The third-order valence-corrected chi connectivity index (χ3v) is 6.06. The Labute approximate surface area is 192 Å². The van der Waals surface area contributed by atoms with Gasteiger partial charge in [0, 0.05) is 48.5 Å². The molecule has 0 bridgehead atoms. The number of hydrogen-bond donors (Lipinski definition) is 0. The fourth-order valence-electron chi connectivity index (χ4n) is 3.85. The Morgan fingerprint density at radius 2 is 0.688 bits per heavy atom. The summed E-state index contributed by atoms with van der Waals surface area (Å²) in [4.78, 5) is 0. The van der Waals surface area contributed by atoms with Crippen molar-refractivity contribution in [2.24, 2.45) is 0 Å². The van der Waals surface area contributed by atoms with Crippen molar-refractivity contribution in [3.63, 3.8) is 0 Å². The molecule has 0 saturated heterocycles. The maximum atomic E-state index is 2.24. The fourth-order valence-corrected chi connectivity index (χ4v) is 3.85. The van der Waals surface area contributed by atoms with Gasteiger partial charge in [-0.25, -0.2) is 0 Å². The normalized spacial score (nSPS) is 12.1. The van der Waals surface area contributed by atoms with Crippen molar-refractivity contribution in [2.75, 3.05) is 0 Å². The standard InChI is InChI=1S/C30H34N2/c1-29(2,3)25-7-11-27(12-8-25)31-19-15-23(16-20-31)24-17-21-32(22-18-24)28-13-9-26(10-14-28)30(4,5)6/h7-22H,1-6H3/q+2. The van der Waals surface area contributed by atoms with Gasteiger partial charge < -0.3 is 0 Å². The van der Waals surface area contributed by atoms with Gasteiger partial charge in [-0.3, -0.25) is 0 Å². The molecular formula is C30H34N2+2. The van der Waals surface area contributed by atoms with E-state index in [1.165, 1.54) is 33.6 Å². The first-order valence-electron chi connectivity index (χ1n) is 11.4.